The smallest absolute Gasteiger partial charge is 0.0134 e. The van der Waals surface area contributed by atoms with Crippen LogP contribution in [0.1, 0.15) is 51.4 Å². The number of hydrogen-bond donors (Lipinski definition) is 0. The predicted molar refractivity (Wildman–Crippen MR) is 212 cm³/mol. The lowest BCUT2D eigenvalue weighted by atomic mass is 9.65. The van der Waals surface area contributed by atoms with E-state index in [0.29, 0.717) is 35.5 Å². The normalized spacial score (nSPS) is 31.0. The molecule has 0 heteroatoms. The summed E-state index contributed by atoms with van der Waals surface area (Å²) in [5.74, 6) is 2.67. The summed E-state index contributed by atoms with van der Waals surface area (Å²) in [6.45, 7) is 0. The van der Waals surface area contributed by atoms with Crippen LogP contribution in [-0.2, 0) is 0 Å². The van der Waals surface area contributed by atoms with E-state index < -0.39 is 0 Å². The summed E-state index contributed by atoms with van der Waals surface area (Å²) < 4.78 is 0. The Bertz CT molecular complexity index is 1970. The maximum absolute atomic E-state index is 2.60. The third-order valence-electron chi connectivity index (χ3n) is 12.1. The molecule has 0 fully saturated rings. The lowest BCUT2D eigenvalue weighted by Gasteiger charge is -2.38. The molecule has 0 saturated carbocycles. The number of fused-ring (bicyclic) bond motifs is 2. The van der Waals surface area contributed by atoms with Gasteiger partial charge in [-0.1, -0.05) is 158 Å². The molecule has 0 spiro atoms. The lowest BCUT2D eigenvalue weighted by molar-refractivity contribution is 0.465. The van der Waals surface area contributed by atoms with Crippen LogP contribution in [-0.4, -0.2) is 0 Å². The maximum atomic E-state index is 2.60. The van der Waals surface area contributed by atoms with E-state index in [9.17, 15) is 0 Å². The van der Waals surface area contributed by atoms with E-state index in [1.807, 2.05) is 0 Å². The van der Waals surface area contributed by atoms with Gasteiger partial charge in [-0.3, -0.25) is 0 Å². The largest absolute Gasteiger partial charge is 0.0839 e. The average molecular weight is 649 g/mol. The Balaban J connectivity index is 1.22. The number of rotatable bonds is 6. The molecule has 9 rings (SSSR count). The molecule has 248 valence electrons. The second-order valence-corrected chi connectivity index (χ2v) is 15.2. The van der Waals surface area contributed by atoms with E-state index in [-0.39, 0.29) is 0 Å². The topological polar surface area (TPSA) is 0 Å². The highest BCUT2D eigenvalue weighted by molar-refractivity contribution is 5.82. The van der Waals surface area contributed by atoms with Gasteiger partial charge in [-0.05, 0) is 130 Å². The van der Waals surface area contributed by atoms with Crippen molar-refractivity contribution >= 4 is 11.1 Å². The highest BCUT2D eigenvalue weighted by Gasteiger charge is 2.37. The van der Waals surface area contributed by atoms with Gasteiger partial charge in [0.25, 0.3) is 0 Å². The van der Waals surface area contributed by atoms with Crippen LogP contribution in [0.15, 0.2) is 191 Å². The number of allylic oxidation sites excluding steroid dienone is 28. The van der Waals surface area contributed by atoms with Crippen molar-refractivity contribution in [2.24, 2.45) is 35.5 Å². The van der Waals surface area contributed by atoms with E-state index in [4.69, 9.17) is 0 Å². The summed E-state index contributed by atoms with van der Waals surface area (Å²) in [7, 11) is 0. The second-order valence-electron chi connectivity index (χ2n) is 15.2. The predicted octanol–water partition coefficient (Wildman–Crippen LogP) is 10.9. The molecule has 0 aliphatic heterocycles. The fourth-order valence-electron chi connectivity index (χ4n) is 9.70. The molecule has 50 heavy (non-hydrogen) atoms. The maximum Gasteiger partial charge on any atom is 0.0134 e. The minimum Gasteiger partial charge on any atom is -0.0839 e. The molecule has 8 aliphatic rings. The van der Waals surface area contributed by atoms with Crippen molar-refractivity contribution in [1.29, 1.82) is 0 Å². The summed E-state index contributed by atoms with van der Waals surface area (Å²) in [5, 5.41) is 2.88. The van der Waals surface area contributed by atoms with Crippen LogP contribution in [0, 0.1) is 35.5 Å². The molecular formula is C50H48. The van der Waals surface area contributed by atoms with Gasteiger partial charge in [0.2, 0.25) is 0 Å². The molecule has 0 heterocycles. The van der Waals surface area contributed by atoms with Gasteiger partial charge < -0.3 is 0 Å². The summed E-state index contributed by atoms with van der Waals surface area (Å²) >= 11 is 0. The van der Waals surface area contributed by atoms with E-state index in [0.717, 1.165) is 51.4 Å². The Labute approximate surface area is 298 Å². The minimum atomic E-state index is 0.314. The first-order valence-corrected chi connectivity index (χ1v) is 19.2. The standard InChI is InChI=1S/C50H48/c1-5-17-35(18-6-1)39-29-40(36-19-7-2-8-20-36)32-43(31-39)49-45-25-13-15-27-47(45)50(48-28-16-14-26-46(48)49)44-33-41(37-21-9-3-10-22-37)30-42(34-44)38-23-11-4-12-24-38/h1,3,5-7,9-11,13-17,19-21,23-30,32,34-35,37,39,41,45,47H,2,4,8,12,18,22,31,33H2. The van der Waals surface area contributed by atoms with Crippen LogP contribution in [0.4, 0.5) is 0 Å². The molecule has 0 N–H and O–H groups in total. The molecule has 0 nitrogen and oxygen atoms in total. The van der Waals surface area contributed by atoms with Crippen molar-refractivity contribution in [1.82, 2.24) is 0 Å². The molecule has 1 aromatic carbocycles. The zero-order valence-corrected chi connectivity index (χ0v) is 29.1. The molecule has 6 atom stereocenters. The van der Waals surface area contributed by atoms with Gasteiger partial charge in [0.05, 0.1) is 0 Å². The minimum absolute atomic E-state index is 0.314. The molecule has 6 unspecified atom stereocenters. The van der Waals surface area contributed by atoms with Crippen molar-refractivity contribution in [3.8, 4) is 0 Å². The van der Waals surface area contributed by atoms with Crippen molar-refractivity contribution < 1.29 is 0 Å². The van der Waals surface area contributed by atoms with Gasteiger partial charge in [0.15, 0.2) is 0 Å². The Hall–Kier alpha value is -4.68. The van der Waals surface area contributed by atoms with Crippen LogP contribution in [0.2, 0.25) is 0 Å². The summed E-state index contributed by atoms with van der Waals surface area (Å²) in [6, 6.07) is 9.42. The van der Waals surface area contributed by atoms with Gasteiger partial charge >= 0.3 is 0 Å². The van der Waals surface area contributed by atoms with E-state index in [1.165, 1.54) is 43.9 Å². The average Bonchev–Trinajstić information content (AvgIpc) is 3.21. The van der Waals surface area contributed by atoms with Gasteiger partial charge in [-0.2, -0.15) is 0 Å². The summed E-state index contributed by atoms with van der Waals surface area (Å²) in [5.41, 5.74) is 11.8. The molecule has 0 aromatic heterocycles. The monoisotopic (exact) mass is 648 g/mol. The zero-order chi connectivity index (χ0) is 33.3. The molecule has 0 bridgehead atoms. The fraction of sp³-hybridized carbons (Fsp3) is 0.280. The van der Waals surface area contributed by atoms with Crippen LogP contribution < -0.4 is 10.4 Å². The Morgan fingerprint density at radius 2 is 0.920 bits per heavy atom. The van der Waals surface area contributed by atoms with Crippen LogP contribution in [0.25, 0.3) is 11.1 Å². The van der Waals surface area contributed by atoms with Crippen LogP contribution >= 0.6 is 0 Å². The van der Waals surface area contributed by atoms with Gasteiger partial charge in [-0.25, -0.2) is 0 Å². The Kier molecular flexibility index (Phi) is 8.71. The molecule has 8 aliphatic carbocycles. The highest BCUT2D eigenvalue weighted by Crippen LogP contribution is 2.48. The van der Waals surface area contributed by atoms with E-state index >= 15 is 0 Å². The lowest BCUT2D eigenvalue weighted by Crippen LogP contribution is -2.41. The Morgan fingerprint density at radius 3 is 1.34 bits per heavy atom. The second kappa shape index (κ2) is 13.9. The highest BCUT2D eigenvalue weighted by atomic mass is 14.4. The molecule has 0 amide bonds. The van der Waals surface area contributed by atoms with E-state index in [2.05, 4.69) is 158 Å². The SMILES string of the molecule is C1=CCC(C2C=C(C3=CCCC=C3)C=C(C3=c4ccccc4=C(C4=CC(C5=CCCC=C5)=CC(C5C=CC=CC5)C4)C4C=CC=CC34)C2)C=C1. The van der Waals surface area contributed by atoms with Gasteiger partial charge in [0.1, 0.15) is 0 Å². The third-order valence-corrected chi connectivity index (χ3v) is 12.1. The molecular weight excluding hydrogens is 601 g/mol. The number of benzene rings is 1. The van der Waals surface area contributed by atoms with Crippen LogP contribution in [0.3, 0.4) is 0 Å². The third kappa shape index (κ3) is 6.04. The number of hydrogen-bond acceptors (Lipinski definition) is 0. The summed E-state index contributed by atoms with van der Waals surface area (Å²) in [6.07, 6.45) is 61.9. The van der Waals surface area contributed by atoms with Crippen LogP contribution in [0.5, 0.6) is 0 Å². The molecule has 0 saturated heterocycles. The van der Waals surface area contributed by atoms with Gasteiger partial charge in [0, 0.05) is 11.8 Å². The first kappa shape index (κ1) is 31.3. The zero-order valence-electron chi connectivity index (χ0n) is 29.1. The van der Waals surface area contributed by atoms with Crippen molar-refractivity contribution in [3.05, 3.63) is 202 Å². The Morgan fingerprint density at radius 1 is 0.440 bits per heavy atom. The van der Waals surface area contributed by atoms with Crippen molar-refractivity contribution in [3.63, 3.8) is 0 Å². The van der Waals surface area contributed by atoms with Crippen molar-refractivity contribution in [2.75, 3.05) is 0 Å². The van der Waals surface area contributed by atoms with Gasteiger partial charge in [-0.15, -0.1) is 0 Å². The van der Waals surface area contributed by atoms with E-state index in [1.54, 1.807) is 11.1 Å². The quantitative estimate of drug-likeness (QED) is 0.288. The molecule has 0 radical (unpaired) electrons. The van der Waals surface area contributed by atoms with Crippen molar-refractivity contribution in [2.45, 2.75) is 51.4 Å². The molecule has 1 aromatic rings. The first-order chi connectivity index (χ1) is 24.8. The fourth-order valence-corrected chi connectivity index (χ4v) is 9.70. The summed E-state index contributed by atoms with van der Waals surface area (Å²) in [4.78, 5) is 0. The first-order valence-electron chi connectivity index (χ1n) is 19.2.